The molecular weight excluding hydrogens is 365 g/mol. The summed E-state index contributed by atoms with van der Waals surface area (Å²) in [7, 11) is 1.74. The number of hydrogen-bond donors (Lipinski definition) is 2. The maximum Gasteiger partial charge on any atom is 0.329 e. The van der Waals surface area contributed by atoms with Crippen LogP contribution in [0.1, 0.15) is 28.2 Å². The van der Waals surface area contributed by atoms with Crippen LogP contribution in [-0.2, 0) is 19.6 Å². The van der Waals surface area contributed by atoms with Crippen molar-refractivity contribution >= 4 is 11.6 Å². The first-order valence-corrected chi connectivity index (χ1v) is 9.39. The van der Waals surface area contributed by atoms with Crippen LogP contribution in [0, 0.1) is 12.7 Å². The van der Waals surface area contributed by atoms with Crippen LogP contribution in [0.25, 0.3) is 0 Å². The standard InChI is InChI=1S/C19H24FN5O3/c1-12-10-13(4-5-14(12)20)21-18(27)23-8-9-24-15(11-23)16-17(26)22(2)6-3-7-25(16)19(24)28/h4-5,10,18,21,27H,3,6-9,11H2,1-2H3. The van der Waals surface area contributed by atoms with Crippen molar-refractivity contribution in [3.8, 4) is 0 Å². The second kappa shape index (κ2) is 7.06. The summed E-state index contributed by atoms with van der Waals surface area (Å²) >= 11 is 0. The zero-order valence-corrected chi connectivity index (χ0v) is 16.0. The Morgan fingerprint density at radius 2 is 1.93 bits per heavy atom. The Labute approximate surface area is 161 Å². The lowest BCUT2D eigenvalue weighted by Gasteiger charge is -2.33. The number of imidazole rings is 1. The van der Waals surface area contributed by atoms with Crippen molar-refractivity contribution in [2.45, 2.75) is 39.3 Å². The second-order valence-electron chi connectivity index (χ2n) is 7.41. The monoisotopic (exact) mass is 389 g/mol. The number of carbonyl (C=O) groups excluding carboxylic acids is 1. The maximum atomic E-state index is 13.4. The third-order valence-electron chi connectivity index (χ3n) is 5.52. The summed E-state index contributed by atoms with van der Waals surface area (Å²) < 4.78 is 16.6. The number of aromatic nitrogens is 2. The highest BCUT2D eigenvalue weighted by Gasteiger charge is 2.33. The molecule has 9 heteroatoms. The van der Waals surface area contributed by atoms with Gasteiger partial charge in [0.1, 0.15) is 11.5 Å². The van der Waals surface area contributed by atoms with E-state index in [2.05, 4.69) is 5.32 Å². The van der Waals surface area contributed by atoms with Gasteiger partial charge in [-0.25, -0.2) is 9.18 Å². The van der Waals surface area contributed by atoms with E-state index in [9.17, 15) is 19.1 Å². The minimum Gasteiger partial charge on any atom is -0.361 e. The molecule has 0 radical (unpaired) electrons. The predicted octanol–water partition coefficient (Wildman–Crippen LogP) is 0.777. The minimum absolute atomic E-state index is 0.162. The largest absolute Gasteiger partial charge is 0.361 e. The molecule has 1 atom stereocenters. The first-order chi connectivity index (χ1) is 13.4. The third-order valence-corrected chi connectivity index (χ3v) is 5.52. The van der Waals surface area contributed by atoms with Crippen LogP contribution in [0.4, 0.5) is 10.1 Å². The maximum absolute atomic E-state index is 13.4. The molecule has 4 rings (SSSR count). The van der Waals surface area contributed by atoms with E-state index in [0.29, 0.717) is 48.8 Å². The molecule has 1 aromatic carbocycles. The summed E-state index contributed by atoms with van der Waals surface area (Å²) in [5, 5.41) is 13.6. The highest BCUT2D eigenvalue weighted by Crippen LogP contribution is 2.22. The van der Waals surface area contributed by atoms with Gasteiger partial charge in [-0.2, -0.15) is 0 Å². The zero-order valence-electron chi connectivity index (χ0n) is 16.0. The Kier molecular flexibility index (Phi) is 4.72. The zero-order chi connectivity index (χ0) is 20.0. The quantitative estimate of drug-likeness (QED) is 0.758. The lowest BCUT2D eigenvalue weighted by atomic mass is 10.2. The molecule has 2 aliphatic rings. The Bertz CT molecular complexity index is 983. The van der Waals surface area contributed by atoms with Crippen LogP contribution < -0.4 is 11.0 Å². The number of hydrogen-bond acceptors (Lipinski definition) is 5. The molecular formula is C19H24FN5O3. The molecule has 0 saturated carbocycles. The van der Waals surface area contributed by atoms with E-state index < -0.39 is 6.35 Å². The number of aryl methyl sites for hydroxylation is 1. The number of aliphatic hydroxyl groups excluding tert-OH is 1. The topological polar surface area (TPSA) is 82.7 Å². The first-order valence-electron chi connectivity index (χ1n) is 9.39. The molecule has 2 aromatic rings. The molecule has 2 N–H and O–H groups in total. The number of rotatable bonds is 3. The number of carbonyl (C=O) groups is 1. The van der Waals surface area contributed by atoms with Gasteiger partial charge >= 0.3 is 5.69 Å². The smallest absolute Gasteiger partial charge is 0.329 e. The van der Waals surface area contributed by atoms with Gasteiger partial charge in [0.15, 0.2) is 6.35 Å². The summed E-state index contributed by atoms with van der Waals surface area (Å²) in [5.74, 6) is -0.469. The van der Waals surface area contributed by atoms with Crippen LogP contribution in [0.5, 0.6) is 0 Å². The van der Waals surface area contributed by atoms with E-state index in [4.69, 9.17) is 0 Å². The number of benzene rings is 1. The summed E-state index contributed by atoms with van der Waals surface area (Å²) in [5.41, 5.74) is 1.97. The van der Waals surface area contributed by atoms with E-state index >= 15 is 0 Å². The molecule has 0 spiro atoms. The van der Waals surface area contributed by atoms with Crippen molar-refractivity contribution in [1.29, 1.82) is 0 Å². The van der Waals surface area contributed by atoms with Crippen molar-refractivity contribution in [2.24, 2.45) is 0 Å². The molecule has 0 saturated heterocycles. The van der Waals surface area contributed by atoms with Gasteiger partial charge < -0.3 is 15.3 Å². The van der Waals surface area contributed by atoms with Crippen molar-refractivity contribution in [3.63, 3.8) is 0 Å². The first kappa shape index (κ1) is 18.7. The molecule has 0 fully saturated rings. The number of amides is 1. The van der Waals surface area contributed by atoms with Crippen molar-refractivity contribution in [1.82, 2.24) is 18.9 Å². The Morgan fingerprint density at radius 1 is 1.14 bits per heavy atom. The van der Waals surface area contributed by atoms with Crippen LogP contribution in [0.15, 0.2) is 23.0 Å². The Balaban J connectivity index is 1.60. The average molecular weight is 389 g/mol. The van der Waals surface area contributed by atoms with Gasteiger partial charge in [-0.3, -0.25) is 18.8 Å². The van der Waals surface area contributed by atoms with Crippen molar-refractivity contribution in [2.75, 3.05) is 25.5 Å². The number of halogens is 1. The van der Waals surface area contributed by atoms with Gasteiger partial charge in [0.25, 0.3) is 5.91 Å². The lowest BCUT2D eigenvalue weighted by molar-refractivity contribution is 0.00717. The minimum atomic E-state index is -1.03. The molecule has 1 amide bonds. The highest BCUT2D eigenvalue weighted by molar-refractivity contribution is 5.94. The van der Waals surface area contributed by atoms with Gasteiger partial charge in [0.2, 0.25) is 0 Å². The SMILES string of the molecule is Cc1cc(NC(O)N2CCn3c(c4n(c3=O)CCCN(C)C4=O)C2)ccc1F. The normalized spacial score (nSPS) is 18.4. The Hall–Kier alpha value is -2.65. The summed E-state index contributed by atoms with van der Waals surface area (Å²) in [6, 6.07) is 4.54. The van der Waals surface area contributed by atoms with E-state index in [1.165, 1.54) is 6.07 Å². The van der Waals surface area contributed by atoms with Crippen LogP contribution >= 0.6 is 0 Å². The number of aliphatic hydroxyl groups is 1. The molecule has 150 valence electrons. The predicted molar refractivity (Wildman–Crippen MR) is 101 cm³/mol. The van der Waals surface area contributed by atoms with Gasteiger partial charge in [0, 0.05) is 45.5 Å². The fourth-order valence-electron chi connectivity index (χ4n) is 3.91. The van der Waals surface area contributed by atoms with E-state index in [1.807, 2.05) is 0 Å². The molecule has 3 heterocycles. The number of nitrogens with zero attached hydrogens (tertiary/aromatic N) is 4. The van der Waals surface area contributed by atoms with Crippen LogP contribution in [0.2, 0.25) is 0 Å². The van der Waals surface area contributed by atoms with Crippen molar-refractivity contribution < 1.29 is 14.3 Å². The van der Waals surface area contributed by atoms with E-state index in [0.717, 1.165) is 6.42 Å². The van der Waals surface area contributed by atoms with Crippen molar-refractivity contribution in [3.05, 3.63) is 51.5 Å². The molecule has 1 aromatic heterocycles. The summed E-state index contributed by atoms with van der Waals surface area (Å²) in [4.78, 5) is 28.9. The van der Waals surface area contributed by atoms with E-state index in [1.54, 1.807) is 45.0 Å². The molecule has 0 bridgehead atoms. The van der Waals surface area contributed by atoms with Gasteiger partial charge in [-0.1, -0.05) is 0 Å². The number of nitrogens with one attached hydrogen (secondary N) is 1. The number of fused-ring (bicyclic) bond motifs is 3. The van der Waals surface area contributed by atoms with E-state index in [-0.39, 0.29) is 24.0 Å². The molecule has 28 heavy (non-hydrogen) atoms. The fourth-order valence-corrected chi connectivity index (χ4v) is 3.91. The molecule has 2 aliphatic heterocycles. The molecule has 8 nitrogen and oxygen atoms in total. The lowest BCUT2D eigenvalue weighted by Crippen LogP contribution is -2.46. The third kappa shape index (κ3) is 3.10. The second-order valence-corrected chi connectivity index (χ2v) is 7.41. The van der Waals surface area contributed by atoms with Gasteiger partial charge in [-0.05, 0) is 37.1 Å². The van der Waals surface area contributed by atoms with Gasteiger partial charge in [0.05, 0.1) is 5.69 Å². The summed E-state index contributed by atoms with van der Waals surface area (Å²) in [6.45, 7) is 3.90. The fraction of sp³-hybridized carbons (Fsp3) is 0.474. The average Bonchev–Trinajstić information content (AvgIpc) is 2.85. The Morgan fingerprint density at radius 3 is 2.68 bits per heavy atom. The van der Waals surface area contributed by atoms with Crippen LogP contribution in [-0.4, -0.2) is 56.4 Å². The van der Waals surface area contributed by atoms with Gasteiger partial charge in [-0.15, -0.1) is 0 Å². The van der Waals surface area contributed by atoms with Crippen LogP contribution in [0.3, 0.4) is 0 Å². The highest BCUT2D eigenvalue weighted by atomic mass is 19.1. The molecule has 1 unspecified atom stereocenters. The molecule has 0 aliphatic carbocycles. The summed E-state index contributed by atoms with van der Waals surface area (Å²) in [6.07, 6.45) is -0.293. The number of anilines is 1.